The Bertz CT molecular complexity index is 692. The minimum absolute atomic E-state index is 0.0849. The normalized spacial score (nSPS) is 14.3. The third kappa shape index (κ3) is 1.24. The van der Waals surface area contributed by atoms with Gasteiger partial charge in [-0.3, -0.25) is 10.1 Å². The molecular formula is C13H7N2O3. The first-order valence-electron chi connectivity index (χ1n) is 5.32. The van der Waals surface area contributed by atoms with Crippen LogP contribution in [0.4, 0.5) is 5.69 Å². The zero-order valence-electron chi connectivity index (χ0n) is 9.16. The lowest BCUT2D eigenvalue weighted by Gasteiger charge is -2.00. The fraction of sp³-hybridized carbons (Fsp3) is 0. The zero-order chi connectivity index (χ0) is 12.7. The molecule has 87 valence electrons. The molecule has 0 N–H and O–H groups in total. The van der Waals surface area contributed by atoms with Gasteiger partial charge < -0.3 is 0 Å². The van der Waals surface area contributed by atoms with E-state index in [0.29, 0.717) is 16.7 Å². The minimum Gasteiger partial charge on any atom is -0.258 e. The Balaban J connectivity index is 2.41. The summed E-state index contributed by atoms with van der Waals surface area (Å²) >= 11 is 0. The summed E-state index contributed by atoms with van der Waals surface area (Å²) in [5.74, 6) is 0. The van der Waals surface area contributed by atoms with Gasteiger partial charge in [0.1, 0.15) is 5.71 Å². The average molecular weight is 239 g/mol. The Morgan fingerprint density at radius 3 is 2.28 bits per heavy atom. The van der Waals surface area contributed by atoms with Crippen LogP contribution in [0.3, 0.4) is 0 Å². The third-order valence-corrected chi connectivity index (χ3v) is 3.04. The summed E-state index contributed by atoms with van der Waals surface area (Å²) < 4.78 is 0. The van der Waals surface area contributed by atoms with Crippen molar-refractivity contribution in [3.05, 3.63) is 63.7 Å². The smallest absolute Gasteiger partial charge is 0.258 e. The van der Waals surface area contributed by atoms with Crippen molar-refractivity contribution in [1.29, 1.82) is 0 Å². The molecule has 0 unspecified atom stereocenters. The van der Waals surface area contributed by atoms with Gasteiger partial charge >= 0.3 is 0 Å². The van der Waals surface area contributed by atoms with Gasteiger partial charge in [0.05, 0.1) is 10.5 Å². The SMILES string of the molecule is [O]N=C1c2ccccc2-c2cccc([N+](=O)[O-])c21. The average Bonchev–Trinajstić information content (AvgIpc) is 2.72. The van der Waals surface area contributed by atoms with Crippen LogP contribution in [-0.4, -0.2) is 10.6 Å². The van der Waals surface area contributed by atoms with Crippen LogP contribution in [0.15, 0.2) is 47.6 Å². The standard InChI is InChI=1S/C13H7N2O3/c16-14-13-10-5-2-1-4-8(10)9-6-3-7-11(12(9)13)15(17)18/h1-7H. The second-order valence-corrected chi connectivity index (χ2v) is 3.94. The molecule has 1 radical (unpaired) electrons. The van der Waals surface area contributed by atoms with Crippen molar-refractivity contribution in [2.24, 2.45) is 5.16 Å². The summed E-state index contributed by atoms with van der Waals surface area (Å²) in [4.78, 5) is 10.5. The molecule has 0 saturated heterocycles. The van der Waals surface area contributed by atoms with Crippen molar-refractivity contribution in [1.82, 2.24) is 0 Å². The number of nitro benzene ring substituents is 1. The molecule has 1 aliphatic carbocycles. The lowest BCUT2D eigenvalue weighted by molar-refractivity contribution is -0.385. The molecule has 5 nitrogen and oxygen atoms in total. The highest BCUT2D eigenvalue weighted by Gasteiger charge is 2.32. The number of fused-ring (bicyclic) bond motifs is 3. The Morgan fingerprint density at radius 1 is 0.944 bits per heavy atom. The summed E-state index contributed by atoms with van der Waals surface area (Å²) in [5.41, 5.74) is 2.53. The summed E-state index contributed by atoms with van der Waals surface area (Å²) in [7, 11) is 0. The molecule has 2 aromatic rings. The van der Waals surface area contributed by atoms with Crippen LogP contribution in [0.1, 0.15) is 11.1 Å². The second kappa shape index (κ2) is 3.66. The number of rotatable bonds is 1. The van der Waals surface area contributed by atoms with Crippen molar-refractivity contribution >= 4 is 11.4 Å². The number of hydrogen-bond donors (Lipinski definition) is 0. The predicted molar refractivity (Wildman–Crippen MR) is 64.9 cm³/mol. The van der Waals surface area contributed by atoms with Gasteiger partial charge in [-0.25, -0.2) is 0 Å². The van der Waals surface area contributed by atoms with Gasteiger partial charge in [0, 0.05) is 11.6 Å². The summed E-state index contributed by atoms with van der Waals surface area (Å²) in [6, 6.07) is 11.9. The number of hydrogen-bond acceptors (Lipinski definition) is 3. The van der Waals surface area contributed by atoms with Gasteiger partial charge in [-0.15, -0.1) is 5.21 Å². The second-order valence-electron chi connectivity index (χ2n) is 3.94. The molecule has 0 heterocycles. The molecule has 1 aliphatic rings. The van der Waals surface area contributed by atoms with Crippen LogP contribution < -0.4 is 0 Å². The van der Waals surface area contributed by atoms with Crippen LogP contribution in [0.5, 0.6) is 0 Å². The molecule has 0 atom stereocenters. The lowest BCUT2D eigenvalue weighted by atomic mass is 10.1. The lowest BCUT2D eigenvalue weighted by Crippen LogP contribution is -2.02. The van der Waals surface area contributed by atoms with Gasteiger partial charge in [-0.2, -0.15) is 0 Å². The summed E-state index contributed by atoms with van der Waals surface area (Å²) in [5, 5.41) is 25.0. The van der Waals surface area contributed by atoms with Gasteiger partial charge in [0.2, 0.25) is 0 Å². The van der Waals surface area contributed by atoms with Crippen LogP contribution in [0, 0.1) is 10.1 Å². The zero-order valence-corrected chi connectivity index (χ0v) is 9.16. The van der Waals surface area contributed by atoms with Crippen molar-refractivity contribution < 1.29 is 10.1 Å². The van der Waals surface area contributed by atoms with Crippen molar-refractivity contribution in [2.75, 3.05) is 0 Å². The Kier molecular flexibility index (Phi) is 2.13. The number of nitrogens with zero attached hydrogens (tertiary/aromatic N) is 2. The fourth-order valence-corrected chi connectivity index (χ4v) is 2.32. The topological polar surface area (TPSA) is 75.4 Å². The fourth-order valence-electron chi connectivity index (χ4n) is 2.32. The number of nitro groups is 1. The van der Waals surface area contributed by atoms with Gasteiger partial charge in [0.15, 0.2) is 0 Å². The van der Waals surface area contributed by atoms with E-state index in [1.165, 1.54) is 6.07 Å². The molecule has 0 amide bonds. The summed E-state index contributed by atoms with van der Waals surface area (Å²) in [6.45, 7) is 0. The number of benzene rings is 2. The van der Waals surface area contributed by atoms with E-state index >= 15 is 0 Å². The maximum absolute atomic E-state index is 11.0. The first kappa shape index (κ1) is 10.5. The molecule has 0 fully saturated rings. The van der Waals surface area contributed by atoms with E-state index in [1.807, 2.05) is 12.1 Å². The molecule has 0 aliphatic heterocycles. The predicted octanol–water partition coefficient (Wildman–Crippen LogP) is 2.76. The van der Waals surface area contributed by atoms with E-state index in [9.17, 15) is 15.3 Å². The monoisotopic (exact) mass is 239 g/mol. The van der Waals surface area contributed by atoms with Crippen LogP contribution in [-0.2, 0) is 5.21 Å². The first-order chi connectivity index (χ1) is 8.74. The highest BCUT2D eigenvalue weighted by Crippen LogP contribution is 2.40. The molecule has 3 rings (SSSR count). The van der Waals surface area contributed by atoms with Crippen molar-refractivity contribution in [3.63, 3.8) is 0 Å². The largest absolute Gasteiger partial charge is 0.279 e. The highest BCUT2D eigenvalue weighted by atomic mass is 16.6. The van der Waals surface area contributed by atoms with Crippen LogP contribution in [0.25, 0.3) is 11.1 Å². The third-order valence-electron chi connectivity index (χ3n) is 3.04. The molecule has 5 heteroatoms. The molecule has 0 saturated carbocycles. The molecule has 18 heavy (non-hydrogen) atoms. The van der Waals surface area contributed by atoms with E-state index in [1.54, 1.807) is 24.3 Å². The van der Waals surface area contributed by atoms with E-state index in [4.69, 9.17) is 0 Å². The van der Waals surface area contributed by atoms with Gasteiger partial charge in [-0.05, 0) is 16.3 Å². The van der Waals surface area contributed by atoms with Crippen LogP contribution in [0.2, 0.25) is 0 Å². The molecule has 2 aromatic carbocycles. The van der Waals surface area contributed by atoms with Gasteiger partial charge in [-0.1, -0.05) is 36.4 Å². The maximum atomic E-state index is 11.0. The van der Waals surface area contributed by atoms with E-state index in [-0.39, 0.29) is 11.4 Å². The molecule has 0 aromatic heterocycles. The Hall–Kier alpha value is -2.69. The molecule has 0 spiro atoms. The maximum Gasteiger partial charge on any atom is 0.279 e. The first-order valence-corrected chi connectivity index (χ1v) is 5.32. The minimum atomic E-state index is -0.490. The molecular weight excluding hydrogens is 232 g/mol. The van der Waals surface area contributed by atoms with Crippen molar-refractivity contribution in [3.8, 4) is 11.1 Å². The Morgan fingerprint density at radius 2 is 1.61 bits per heavy atom. The quantitative estimate of drug-likeness (QED) is 0.483. The van der Waals surface area contributed by atoms with E-state index in [0.717, 1.165) is 5.56 Å². The van der Waals surface area contributed by atoms with Gasteiger partial charge in [0.25, 0.3) is 5.69 Å². The molecule has 0 bridgehead atoms. The Labute approximate surface area is 102 Å². The van der Waals surface area contributed by atoms with Crippen LogP contribution >= 0.6 is 0 Å². The highest BCUT2D eigenvalue weighted by molar-refractivity contribution is 6.26. The summed E-state index contributed by atoms with van der Waals surface area (Å²) in [6.07, 6.45) is 0. The van der Waals surface area contributed by atoms with Crippen molar-refractivity contribution in [2.45, 2.75) is 0 Å². The van der Waals surface area contributed by atoms with E-state index < -0.39 is 4.92 Å². The van der Waals surface area contributed by atoms with E-state index in [2.05, 4.69) is 5.16 Å².